The molecule has 168 valence electrons. The lowest BCUT2D eigenvalue weighted by Gasteiger charge is -2.06. The van der Waals surface area contributed by atoms with Gasteiger partial charge in [0.25, 0.3) is 5.91 Å². The van der Waals surface area contributed by atoms with E-state index in [1.165, 1.54) is 42.6 Å². The number of phenolic OH excluding ortho intramolecular Hbond substituents is 1. The Hall–Kier alpha value is -4.41. The molecule has 0 saturated carbocycles. The van der Waals surface area contributed by atoms with Crippen molar-refractivity contribution in [2.45, 2.75) is 6.18 Å². The molecule has 2 N–H and O–H groups in total. The van der Waals surface area contributed by atoms with Crippen LogP contribution in [0.15, 0.2) is 76.0 Å². The molecule has 1 heterocycles. The van der Waals surface area contributed by atoms with Crippen LogP contribution in [0.4, 0.5) is 24.5 Å². The molecule has 1 amide bonds. The number of carbonyl (C=O) groups excluding carboxylic acids is 1. The fraction of sp³-hybridized carbons (Fsp3) is 0.0909. The number of phenols is 1. The fourth-order valence-electron chi connectivity index (χ4n) is 2.83. The third-order valence-corrected chi connectivity index (χ3v) is 4.47. The van der Waals surface area contributed by atoms with Gasteiger partial charge in [-0.2, -0.15) is 28.5 Å². The van der Waals surface area contributed by atoms with Crippen molar-refractivity contribution in [3.05, 3.63) is 77.4 Å². The minimum Gasteiger partial charge on any atom is -0.507 e. The van der Waals surface area contributed by atoms with Crippen LogP contribution >= 0.6 is 0 Å². The first-order chi connectivity index (χ1) is 15.8. The number of halogens is 3. The van der Waals surface area contributed by atoms with Crippen LogP contribution < -0.4 is 14.9 Å². The maximum absolute atomic E-state index is 12.8. The molecule has 0 unspecified atom stereocenters. The standard InChI is InChI=1S/C22H15F3N4O4/c23-22(24,25)15-2-1-3-16(10-15)27-28-17-5-6-18(30)14(8-17)11-26-29-21(31)13-4-7-19-20(9-13)33-12-32-19/h1-11,30H,12H2,(H,29,31)/b26-11+,28-27-. The van der Waals surface area contributed by atoms with Crippen LogP contribution in [0.3, 0.4) is 0 Å². The zero-order valence-electron chi connectivity index (χ0n) is 16.7. The zero-order valence-corrected chi connectivity index (χ0v) is 16.7. The van der Waals surface area contributed by atoms with Crippen LogP contribution in [-0.2, 0) is 6.18 Å². The number of ether oxygens (including phenoxy) is 2. The van der Waals surface area contributed by atoms with Crippen LogP contribution in [0.1, 0.15) is 21.5 Å². The van der Waals surface area contributed by atoms with Gasteiger partial charge in [-0.25, -0.2) is 5.43 Å². The maximum Gasteiger partial charge on any atom is 0.416 e. The molecule has 3 aromatic rings. The highest BCUT2D eigenvalue weighted by Crippen LogP contribution is 2.33. The third kappa shape index (κ3) is 5.26. The summed E-state index contributed by atoms with van der Waals surface area (Å²) in [5.41, 5.74) is 2.27. The van der Waals surface area contributed by atoms with Crippen molar-refractivity contribution in [2.75, 3.05) is 6.79 Å². The van der Waals surface area contributed by atoms with E-state index < -0.39 is 17.6 Å². The lowest BCUT2D eigenvalue weighted by atomic mass is 10.2. The largest absolute Gasteiger partial charge is 0.507 e. The van der Waals surface area contributed by atoms with Crippen LogP contribution in [0.25, 0.3) is 0 Å². The summed E-state index contributed by atoms with van der Waals surface area (Å²) in [6.07, 6.45) is -3.29. The van der Waals surface area contributed by atoms with E-state index in [0.29, 0.717) is 17.1 Å². The molecule has 0 aliphatic carbocycles. The fourth-order valence-corrected chi connectivity index (χ4v) is 2.83. The first-order valence-corrected chi connectivity index (χ1v) is 9.45. The Bertz CT molecular complexity index is 1260. The molecule has 4 rings (SSSR count). The second-order valence-corrected chi connectivity index (χ2v) is 6.76. The zero-order chi connectivity index (χ0) is 23.4. The molecule has 0 bridgehead atoms. The van der Waals surface area contributed by atoms with E-state index in [-0.39, 0.29) is 29.5 Å². The average molecular weight is 456 g/mol. The van der Waals surface area contributed by atoms with Gasteiger partial charge in [-0.15, -0.1) is 0 Å². The summed E-state index contributed by atoms with van der Waals surface area (Å²) < 4.78 is 48.9. The maximum atomic E-state index is 12.8. The van der Waals surface area contributed by atoms with E-state index in [1.54, 1.807) is 12.1 Å². The Balaban J connectivity index is 1.44. The SMILES string of the molecule is O=C(N/N=C/c1cc(/N=N\c2cccc(C(F)(F)F)c2)ccc1O)c1ccc2c(c1)OCO2. The molecule has 1 aliphatic heterocycles. The minimum absolute atomic E-state index is 0.0177. The van der Waals surface area contributed by atoms with Crippen molar-refractivity contribution in [1.29, 1.82) is 0 Å². The molecule has 0 atom stereocenters. The van der Waals surface area contributed by atoms with Crippen molar-refractivity contribution >= 4 is 23.5 Å². The number of nitrogens with zero attached hydrogens (tertiary/aromatic N) is 3. The molecule has 11 heteroatoms. The van der Waals surface area contributed by atoms with Crippen LogP contribution in [0, 0.1) is 0 Å². The van der Waals surface area contributed by atoms with Crippen LogP contribution in [-0.4, -0.2) is 24.0 Å². The quantitative estimate of drug-likeness (QED) is 0.308. The number of nitrogens with one attached hydrogen (secondary N) is 1. The van der Waals surface area contributed by atoms with Gasteiger partial charge in [-0.1, -0.05) is 6.07 Å². The lowest BCUT2D eigenvalue weighted by Crippen LogP contribution is -2.17. The lowest BCUT2D eigenvalue weighted by molar-refractivity contribution is -0.137. The Labute approximate surface area is 185 Å². The number of amides is 1. The molecule has 0 saturated heterocycles. The van der Waals surface area contributed by atoms with Gasteiger partial charge < -0.3 is 14.6 Å². The number of rotatable bonds is 5. The van der Waals surface area contributed by atoms with E-state index >= 15 is 0 Å². The Morgan fingerprint density at radius 1 is 0.970 bits per heavy atom. The molecule has 0 spiro atoms. The van der Waals surface area contributed by atoms with Gasteiger partial charge >= 0.3 is 6.18 Å². The summed E-state index contributed by atoms with van der Waals surface area (Å²) in [6, 6.07) is 13.2. The second kappa shape index (κ2) is 8.99. The molecule has 0 aromatic heterocycles. The molecule has 0 fully saturated rings. The first kappa shape index (κ1) is 21.8. The predicted octanol–water partition coefficient (Wildman–Crippen LogP) is 5.32. The molecule has 1 aliphatic rings. The summed E-state index contributed by atoms with van der Waals surface area (Å²) in [7, 11) is 0. The summed E-state index contributed by atoms with van der Waals surface area (Å²) in [6.45, 7) is 0.0826. The highest BCUT2D eigenvalue weighted by Gasteiger charge is 2.30. The molecular formula is C22H15F3N4O4. The summed E-state index contributed by atoms with van der Waals surface area (Å²) in [4.78, 5) is 12.2. The van der Waals surface area contributed by atoms with Gasteiger partial charge in [-0.05, 0) is 54.6 Å². The van der Waals surface area contributed by atoms with Gasteiger partial charge in [0.05, 0.1) is 23.2 Å². The van der Waals surface area contributed by atoms with E-state index in [9.17, 15) is 23.1 Å². The normalized spacial score (nSPS) is 13.1. The van der Waals surface area contributed by atoms with Crippen molar-refractivity contribution in [3.8, 4) is 17.2 Å². The number of hydrogen-bond donors (Lipinski definition) is 2. The number of hydrogen-bond acceptors (Lipinski definition) is 7. The van der Waals surface area contributed by atoms with Gasteiger partial charge in [0.15, 0.2) is 11.5 Å². The number of benzene rings is 3. The number of fused-ring (bicyclic) bond motifs is 1. The minimum atomic E-state index is -4.49. The van der Waals surface area contributed by atoms with Crippen molar-refractivity contribution in [3.63, 3.8) is 0 Å². The number of hydrazone groups is 1. The molecule has 33 heavy (non-hydrogen) atoms. The van der Waals surface area contributed by atoms with Gasteiger partial charge in [0, 0.05) is 11.1 Å². The summed E-state index contributed by atoms with van der Waals surface area (Å²) in [5.74, 6) is 0.331. The smallest absolute Gasteiger partial charge is 0.416 e. The number of carbonyl (C=O) groups is 1. The van der Waals surface area contributed by atoms with Gasteiger partial charge in [0.2, 0.25) is 6.79 Å². The van der Waals surface area contributed by atoms with Gasteiger partial charge in [-0.3, -0.25) is 4.79 Å². The van der Waals surface area contributed by atoms with Crippen LogP contribution in [0.5, 0.6) is 17.2 Å². The molecule has 8 nitrogen and oxygen atoms in total. The Morgan fingerprint density at radius 3 is 2.52 bits per heavy atom. The Kier molecular flexibility index (Phi) is 5.94. The van der Waals surface area contributed by atoms with E-state index in [4.69, 9.17) is 9.47 Å². The van der Waals surface area contributed by atoms with Crippen molar-refractivity contribution in [1.82, 2.24) is 5.43 Å². The third-order valence-electron chi connectivity index (χ3n) is 4.47. The first-order valence-electron chi connectivity index (χ1n) is 9.45. The second-order valence-electron chi connectivity index (χ2n) is 6.76. The summed E-state index contributed by atoms with van der Waals surface area (Å²) >= 11 is 0. The number of azo groups is 1. The number of aromatic hydroxyl groups is 1. The van der Waals surface area contributed by atoms with E-state index in [0.717, 1.165) is 12.1 Å². The topological polar surface area (TPSA) is 105 Å². The predicted molar refractivity (Wildman–Crippen MR) is 111 cm³/mol. The summed E-state index contributed by atoms with van der Waals surface area (Å²) in [5, 5.41) is 21.5. The highest BCUT2D eigenvalue weighted by atomic mass is 19.4. The van der Waals surface area contributed by atoms with Gasteiger partial charge in [0.1, 0.15) is 5.75 Å². The van der Waals surface area contributed by atoms with Crippen LogP contribution in [0.2, 0.25) is 0 Å². The molecule has 3 aromatic carbocycles. The highest BCUT2D eigenvalue weighted by molar-refractivity contribution is 5.95. The molecule has 0 radical (unpaired) electrons. The average Bonchev–Trinajstić information content (AvgIpc) is 3.27. The van der Waals surface area contributed by atoms with Crippen molar-refractivity contribution in [2.24, 2.45) is 15.3 Å². The van der Waals surface area contributed by atoms with E-state index in [2.05, 4.69) is 20.8 Å². The number of alkyl halides is 3. The van der Waals surface area contributed by atoms with E-state index in [1.807, 2.05) is 0 Å². The Morgan fingerprint density at radius 2 is 1.73 bits per heavy atom. The van der Waals surface area contributed by atoms with Crippen molar-refractivity contribution < 1.29 is 32.5 Å². The molecular weight excluding hydrogens is 441 g/mol. The monoisotopic (exact) mass is 456 g/mol.